The molecule has 0 amide bonds. The second-order valence-corrected chi connectivity index (χ2v) is 1.74. The molecule has 0 aromatic carbocycles. The minimum Gasteiger partial charge on any atom is -0.253 e. The molecule has 0 spiro atoms. The van der Waals surface area contributed by atoms with Gasteiger partial charge in [0.2, 0.25) is 0 Å². The van der Waals surface area contributed by atoms with Gasteiger partial charge in [0.1, 0.15) is 0 Å². The highest BCUT2D eigenvalue weighted by atomic mass is 14.8. The van der Waals surface area contributed by atoms with Gasteiger partial charge in [0, 0.05) is 12.4 Å². The van der Waals surface area contributed by atoms with Crippen LogP contribution >= 0.6 is 0 Å². The topological polar surface area (TPSA) is 25.8 Å². The molecule has 0 bridgehead atoms. The molecule has 0 unspecified atom stereocenters. The summed E-state index contributed by atoms with van der Waals surface area (Å²) in [6, 6.07) is 0. The van der Waals surface area contributed by atoms with E-state index in [9.17, 15) is 0 Å². The van der Waals surface area contributed by atoms with Gasteiger partial charge in [-0.2, -0.15) is 0 Å². The van der Waals surface area contributed by atoms with E-state index in [4.69, 9.17) is 0 Å². The third-order valence-corrected chi connectivity index (χ3v) is 1.14. The predicted octanol–water partition coefficient (Wildman–Crippen LogP) is 3.82. The summed E-state index contributed by atoms with van der Waals surface area (Å²) < 4.78 is 0. The summed E-state index contributed by atoms with van der Waals surface area (Å²) in [6.45, 7) is 15.2. The molecule has 1 aromatic rings. The molecule has 2 nitrogen and oxygen atoms in total. The Bertz CT molecular complexity index is 227. The molecule has 0 aliphatic heterocycles. The van der Waals surface area contributed by atoms with Crippen LogP contribution in [-0.4, -0.2) is 9.97 Å². The van der Waals surface area contributed by atoms with Crippen LogP contribution in [0, 0.1) is 0 Å². The molecule has 1 aromatic heterocycles. The van der Waals surface area contributed by atoms with Crippen molar-refractivity contribution < 1.29 is 0 Å². The van der Waals surface area contributed by atoms with E-state index < -0.39 is 0 Å². The Morgan fingerprint density at radius 2 is 1.14 bits per heavy atom. The first-order valence-corrected chi connectivity index (χ1v) is 4.94. The molecule has 1 heterocycles. The summed E-state index contributed by atoms with van der Waals surface area (Å²) in [5.41, 5.74) is 1.55. The molecule has 0 saturated carbocycles. The van der Waals surface area contributed by atoms with E-state index in [1.165, 1.54) is 0 Å². The zero-order chi connectivity index (χ0) is 11.4. The fourth-order valence-corrected chi connectivity index (χ4v) is 0.674. The van der Waals surface area contributed by atoms with Crippen molar-refractivity contribution in [1.82, 2.24) is 9.97 Å². The van der Waals surface area contributed by atoms with E-state index in [0.29, 0.717) is 0 Å². The zero-order valence-electron chi connectivity index (χ0n) is 9.62. The molecule has 1 rings (SSSR count). The van der Waals surface area contributed by atoms with Gasteiger partial charge in [0.25, 0.3) is 0 Å². The van der Waals surface area contributed by atoms with Gasteiger partial charge in [0.05, 0.1) is 11.4 Å². The van der Waals surface area contributed by atoms with Crippen LogP contribution in [0.5, 0.6) is 0 Å². The minimum absolute atomic E-state index is 0.775. The van der Waals surface area contributed by atoms with Crippen molar-refractivity contribution in [2.75, 3.05) is 0 Å². The standard InChI is InChI=1S/C8H8N2.2C2H6/c1-3-7-8(4-2)10-6-5-9-7;2*1-2/h3-6H,1-2H2;2*1-2H3. The SMILES string of the molecule is C=Cc1nccnc1C=C.CC.CC. The van der Waals surface area contributed by atoms with Gasteiger partial charge in [-0.3, -0.25) is 9.97 Å². The number of hydrogen-bond acceptors (Lipinski definition) is 2. The van der Waals surface area contributed by atoms with Gasteiger partial charge >= 0.3 is 0 Å². The monoisotopic (exact) mass is 192 g/mol. The van der Waals surface area contributed by atoms with E-state index >= 15 is 0 Å². The lowest BCUT2D eigenvalue weighted by Crippen LogP contribution is -1.87. The van der Waals surface area contributed by atoms with Crippen LogP contribution in [0.2, 0.25) is 0 Å². The second kappa shape index (κ2) is 11.6. The highest BCUT2D eigenvalue weighted by molar-refractivity contribution is 5.56. The minimum atomic E-state index is 0.775. The molecule has 78 valence electrons. The predicted molar refractivity (Wildman–Crippen MR) is 64.9 cm³/mol. The van der Waals surface area contributed by atoms with Crippen LogP contribution in [0.25, 0.3) is 12.2 Å². The lowest BCUT2D eigenvalue weighted by atomic mass is 10.3. The lowest BCUT2D eigenvalue weighted by molar-refractivity contribution is 1.16. The van der Waals surface area contributed by atoms with E-state index in [1.54, 1.807) is 24.5 Å². The molecular weight excluding hydrogens is 172 g/mol. The first-order chi connectivity index (χ1) is 6.88. The van der Waals surface area contributed by atoms with Gasteiger partial charge < -0.3 is 0 Å². The fraction of sp³-hybridized carbons (Fsp3) is 0.333. The Hall–Kier alpha value is -1.44. The average molecular weight is 192 g/mol. The largest absolute Gasteiger partial charge is 0.253 e. The van der Waals surface area contributed by atoms with Crippen molar-refractivity contribution in [2.24, 2.45) is 0 Å². The molecule has 0 saturated heterocycles. The first-order valence-electron chi connectivity index (χ1n) is 4.94. The van der Waals surface area contributed by atoms with Crippen LogP contribution < -0.4 is 0 Å². The summed E-state index contributed by atoms with van der Waals surface area (Å²) in [7, 11) is 0. The number of hydrogen-bond donors (Lipinski definition) is 0. The van der Waals surface area contributed by atoms with Crippen molar-refractivity contribution in [3.8, 4) is 0 Å². The van der Waals surface area contributed by atoms with Crippen molar-refractivity contribution in [3.63, 3.8) is 0 Å². The molecular formula is C12H20N2. The first kappa shape index (κ1) is 15.1. The summed E-state index contributed by atoms with van der Waals surface area (Å²) in [5.74, 6) is 0. The maximum Gasteiger partial charge on any atom is 0.0880 e. The number of nitrogens with zero attached hydrogens (tertiary/aromatic N) is 2. The third kappa shape index (κ3) is 5.25. The van der Waals surface area contributed by atoms with Crippen LogP contribution in [0.3, 0.4) is 0 Å². The van der Waals surface area contributed by atoms with E-state index in [0.717, 1.165) is 11.4 Å². The maximum absolute atomic E-state index is 4.02. The molecule has 2 heteroatoms. The number of rotatable bonds is 2. The third-order valence-electron chi connectivity index (χ3n) is 1.14. The summed E-state index contributed by atoms with van der Waals surface area (Å²) in [5, 5.41) is 0. The smallest absolute Gasteiger partial charge is 0.0880 e. The molecule has 0 radical (unpaired) electrons. The summed E-state index contributed by atoms with van der Waals surface area (Å²) in [4.78, 5) is 8.03. The Labute approximate surface area is 87.4 Å². The van der Waals surface area contributed by atoms with Crippen LogP contribution in [0.4, 0.5) is 0 Å². The highest BCUT2D eigenvalue weighted by Gasteiger charge is 1.93. The Morgan fingerprint density at radius 1 is 0.857 bits per heavy atom. The van der Waals surface area contributed by atoms with Crippen molar-refractivity contribution in [3.05, 3.63) is 36.9 Å². The van der Waals surface area contributed by atoms with Crippen molar-refractivity contribution in [2.45, 2.75) is 27.7 Å². The Morgan fingerprint density at radius 3 is 1.36 bits per heavy atom. The van der Waals surface area contributed by atoms with Crippen LogP contribution in [0.1, 0.15) is 39.1 Å². The summed E-state index contributed by atoms with van der Waals surface area (Å²) in [6.07, 6.45) is 6.57. The Kier molecular flexibility index (Phi) is 12.4. The normalized spacial score (nSPS) is 7.14. The molecule has 0 fully saturated rings. The molecule has 0 aliphatic carbocycles. The van der Waals surface area contributed by atoms with Gasteiger partial charge in [-0.05, 0) is 12.2 Å². The molecule has 14 heavy (non-hydrogen) atoms. The van der Waals surface area contributed by atoms with E-state index in [2.05, 4.69) is 23.1 Å². The zero-order valence-corrected chi connectivity index (χ0v) is 9.62. The fourth-order valence-electron chi connectivity index (χ4n) is 0.674. The number of aromatic nitrogens is 2. The quantitative estimate of drug-likeness (QED) is 0.712. The average Bonchev–Trinajstić information content (AvgIpc) is 2.34. The second-order valence-electron chi connectivity index (χ2n) is 1.74. The van der Waals surface area contributed by atoms with Crippen LogP contribution in [-0.2, 0) is 0 Å². The van der Waals surface area contributed by atoms with Crippen LogP contribution in [0.15, 0.2) is 25.6 Å². The Balaban J connectivity index is 0. The highest BCUT2D eigenvalue weighted by Crippen LogP contribution is 2.02. The van der Waals surface area contributed by atoms with Gasteiger partial charge in [-0.15, -0.1) is 0 Å². The van der Waals surface area contributed by atoms with Gasteiger partial charge in [0.15, 0.2) is 0 Å². The molecule has 0 atom stereocenters. The summed E-state index contributed by atoms with van der Waals surface area (Å²) >= 11 is 0. The maximum atomic E-state index is 4.02. The van der Waals surface area contributed by atoms with Gasteiger partial charge in [-0.25, -0.2) is 0 Å². The van der Waals surface area contributed by atoms with E-state index in [1.807, 2.05) is 27.7 Å². The van der Waals surface area contributed by atoms with Crippen molar-refractivity contribution in [1.29, 1.82) is 0 Å². The van der Waals surface area contributed by atoms with E-state index in [-0.39, 0.29) is 0 Å². The lowest BCUT2D eigenvalue weighted by Gasteiger charge is -1.94. The molecule has 0 N–H and O–H groups in total. The molecule has 0 aliphatic rings. The van der Waals surface area contributed by atoms with Crippen molar-refractivity contribution >= 4 is 12.2 Å². The van der Waals surface area contributed by atoms with Gasteiger partial charge in [-0.1, -0.05) is 40.9 Å².